The summed E-state index contributed by atoms with van der Waals surface area (Å²) >= 11 is 0. The van der Waals surface area contributed by atoms with E-state index in [0.717, 1.165) is 22.6 Å². The van der Waals surface area contributed by atoms with Crippen LogP contribution in [-0.4, -0.2) is 7.05 Å². The van der Waals surface area contributed by atoms with Gasteiger partial charge in [-0.25, -0.2) is 0 Å². The summed E-state index contributed by atoms with van der Waals surface area (Å²) in [6.45, 7) is 1.88. The van der Waals surface area contributed by atoms with Gasteiger partial charge in [0.05, 0.1) is 5.57 Å². The molecule has 3 N–H and O–H groups in total. The van der Waals surface area contributed by atoms with Crippen LogP contribution in [0.25, 0.3) is 5.57 Å². The minimum absolute atomic E-state index is 0.352. The van der Waals surface area contributed by atoms with Crippen molar-refractivity contribution in [2.45, 2.75) is 6.92 Å². The van der Waals surface area contributed by atoms with Crippen LogP contribution in [0.15, 0.2) is 72.1 Å². The summed E-state index contributed by atoms with van der Waals surface area (Å²) in [6.07, 6.45) is 1.87. The van der Waals surface area contributed by atoms with Gasteiger partial charge < -0.3 is 15.8 Å². The van der Waals surface area contributed by atoms with E-state index in [2.05, 4.69) is 11.4 Å². The summed E-state index contributed by atoms with van der Waals surface area (Å²) in [4.78, 5) is 0. The number of nitriles is 1. The highest BCUT2D eigenvalue weighted by molar-refractivity contribution is 5.83. The SMILES string of the molecule is C/C=C(\C(C#N)=C(\N)NC)c1ccc(Oc2ccccc2)cc1. The number of nitrogens with zero attached hydrogens (tertiary/aromatic N) is 1. The normalized spacial score (nSPS) is 12.1. The molecule has 0 aromatic heterocycles. The maximum atomic E-state index is 9.35. The molecule has 0 spiro atoms. The van der Waals surface area contributed by atoms with Gasteiger partial charge in [-0.2, -0.15) is 5.26 Å². The fourth-order valence-electron chi connectivity index (χ4n) is 2.17. The lowest BCUT2D eigenvalue weighted by molar-refractivity contribution is 0.482. The molecule has 2 rings (SSSR count). The van der Waals surface area contributed by atoms with Crippen LogP contribution in [-0.2, 0) is 0 Å². The van der Waals surface area contributed by atoms with Crippen LogP contribution in [0.1, 0.15) is 12.5 Å². The fraction of sp³-hybridized carbons (Fsp3) is 0.105. The summed E-state index contributed by atoms with van der Waals surface area (Å²) in [5.74, 6) is 1.87. The Bertz CT molecular complexity index is 753. The quantitative estimate of drug-likeness (QED) is 0.651. The number of rotatable bonds is 5. The van der Waals surface area contributed by atoms with E-state index in [1.54, 1.807) is 7.05 Å². The van der Waals surface area contributed by atoms with Gasteiger partial charge in [-0.1, -0.05) is 36.4 Å². The molecular formula is C19H19N3O. The number of allylic oxidation sites excluding steroid dienone is 3. The first-order chi connectivity index (χ1) is 11.2. The molecule has 2 aromatic rings. The van der Waals surface area contributed by atoms with Gasteiger partial charge in [0.1, 0.15) is 23.4 Å². The highest BCUT2D eigenvalue weighted by Crippen LogP contribution is 2.27. The van der Waals surface area contributed by atoms with Crippen molar-refractivity contribution in [1.29, 1.82) is 5.26 Å². The largest absolute Gasteiger partial charge is 0.457 e. The standard InChI is InChI=1S/C19H19N3O/c1-3-17(18(13-20)19(21)22-2)14-9-11-16(12-10-14)23-15-7-5-4-6-8-15/h3-12,22H,21H2,1-2H3/b17-3-,19-18-. The van der Waals surface area contributed by atoms with Crippen LogP contribution in [0, 0.1) is 11.3 Å². The number of benzene rings is 2. The molecule has 0 radical (unpaired) electrons. The van der Waals surface area contributed by atoms with E-state index in [1.165, 1.54) is 0 Å². The predicted molar refractivity (Wildman–Crippen MR) is 92.5 cm³/mol. The number of ether oxygens (including phenoxy) is 1. The van der Waals surface area contributed by atoms with Crippen LogP contribution in [0.5, 0.6) is 11.5 Å². The van der Waals surface area contributed by atoms with Crippen molar-refractivity contribution < 1.29 is 4.74 Å². The van der Waals surface area contributed by atoms with Crippen LogP contribution in [0.2, 0.25) is 0 Å². The zero-order chi connectivity index (χ0) is 16.7. The summed E-state index contributed by atoms with van der Waals surface area (Å²) < 4.78 is 5.77. The van der Waals surface area contributed by atoms with E-state index in [1.807, 2.05) is 67.6 Å². The lowest BCUT2D eigenvalue weighted by Crippen LogP contribution is -2.17. The van der Waals surface area contributed by atoms with Crippen molar-refractivity contribution in [2.24, 2.45) is 5.73 Å². The minimum Gasteiger partial charge on any atom is -0.457 e. The lowest BCUT2D eigenvalue weighted by Gasteiger charge is -2.11. The van der Waals surface area contributed by atoms with Gasteiger partial charge in [-0.15, -0.1) is 0 Å². The highest BCUT2D eigenvalue weighted by Gasteiger charge is 2.11. The lowest BCUT2D eigenvalue weighted by atomic mass is 9.98. The highest BCUT2D eigenvalue weighted by atomic mass is 16.5. The van der Waals surface area contributed by atoms with Crippen molar-refractivity contribution in [1.82, 2.24) is 5.32 Å². The second kappa shape index (κ2) is 7.71. The van der Waals surface area contributed by atoms with Gasteiger partial charge in [0.25, 0.3) is 0 Å². The zero-order valence-electron chi connectivity index (χ0n) is 13.2. The molecular weight excluding hydrogens is 286 g/mol. The van der Waals surface area contributed by atoms with E-state index in [0.29, 0.717) is 11.4 Å². The second-order valence-electron chi connectivity index (χ2n) is 4.79. The van der Waals surface area contributed by atoms with Gasteiger partial charge in [0.2, 0.25) is 0 Å². The van der Waals surface area contributed by atoms with E-state index in [4.69, 9.17) is 10.5 Å². The monoisotopic (exact) mass is 305 g/mol. The molecule has 0 aliphatic heterocycles. The number of hydrogen-bond acceptors (Lipinski definition) is 4. The van der Waals surface area contributed by atoms with Crippen molar-refractivity contribution in [3.05, 3.63) is 77.6 Å². The Morgan fingerprint density at radius 2 is 1.70 bits per heavy atom. The van der Waals surface area contributed by atoms with Crippen molar-refractivity contribution in [3.8, 4) is 17.6 Å². The van der Waals surface area contributed by atoms with E-state index >= 15 is 0 Å². The van der Waals surface area contributed by atoms with Gasteiger partial charge in [-0.05, 0) is 42.3 Å². The van der Waals surface area contributed by atoms with Crippen molar-refractivity contribution in [2.75, 3.05) is 7.05 Å². The van der Waals surface area contributed by atoms with Crippen LogP contribution in [0.4, 0.5) is 0 Å². The first kappa shape index (κ1) is 16.2. The Hall–Kier alpha value is -3.19. The molecule has 0 unspecified atom stereocenters. The average Bonchev–Trinajstić information content (AvgIpc) is 2.60. The summed E-state index contributed by atoms with van der Waals surface area (Å²) in [7, 11) is 1.69. The first-order valence-corrected chi connectivity index (χ1v) is 7.27. The topological polar surface area (TPSA) is 71.1 Å². The number of nitrogens with one attached hydrogen (secondary N) is 1. The third-order valence-corrected chi connectivity index (χ3v) is 3.35. The molecule has 23 heavy (non-hydrogen) atoms. The second-order valence-corrected chi connectivity index (χ2v) is 4.79. The Kier molecular flexibility index (Phi) is 5.43. The third kappa shape index (κ3) is 3.92. The molecule has 0 amide bonds. The number of hydrogen-bond donors (Lipinski definition) is 2. The Labute approximate surface area is 136 Å². The molecule has 4 nitrogen and oxygen atoms in total. The molecule has 0 aliphatic rings. The molecule has 0 heterocycles. The molecule has 4 heteroatoms. The summed E-state index contributed by atoms with van der Waals surface area (Å²) in [5, 5.41) is 12.2. The van der Waals surface area contributed by atoms with Gasteiger partial charge in [-0.3, -0.25) is 0 Å². The van der Waals surface area contributed by atoms with Crippen molar-refractivity contribution >= 4 is 5.57 Å². The maximum absolute atomic E-state index is 9.35. The average molecular weight is 305 g/mol. The molecule has 0 aliphatic carbocycles. The van der Waals surface area contributed by atoms with Crippen LogP contribution < -0.4 is 15.8 Å². The van der Waals surface area contributed by atoms with Crippen molar-refractivity contribution in [3.63, 3.8) is 0 Å². The maximum Gasteiger partial charge on any atom is 0.127 e. The molecule has 116 valence electrons. The summed E-state index contributed by atoms with van der Waals surface area (Å²) in [6, 6.07) is 19.3. The molecule has 0 saturated heterocycles. The smallest absolute Gasteiger partial charge is 0.127 e. The van der Waals surface area contributed by atoms with E-state index in [-0.39, 0.29) is 0 Å². The Morgan fingerprint density at radius 3 is 2.22 bits per heavy atom. The number of nitrogens with two attached hydrogens (primary N) is 1. The minimum atomic E-state index is 0.352. The first-order valence-electron chi connectivity index (χ1n) is 7.27. The Balaban J connectivity index is 2.26. The zero-order valence-corrected chi connectivity index (χ0v) is 13.2. The van der Waals surface area contributed by atoms with E-state index < -0.39 is 0 Å². The number of para-hydroxylation sites is 1. The fourth-order valence-corrected chi connectivity index (χ4v) is 2.17. The van der Waals surface area contributed by atoms with E-state index in [9.17, 15) is 5.26 Å². The predicted octanol–water partition coefficient (Wildman–Crippen LogP) is 3.80. The summed E-state index contributed by atoms with van der Waals surface area (Å²) in [5.41, 5.74) is 7.97. The molecule has 0 bridgehead atoms. The van der Waals surface area contributed by atoms with Crippen LogP contribution in [0.3, 0.4) is 0 Å². The van der Waals surface area contributed by atoms with Gasteiger partial charge in [0, 0.05) is 7.05 Å². The molecule has 0 fully saturated rings. The third-order valence-electron chi connectivity index (χ3n) is 3.35. The molecule has 0 atom stereocenters. The van der Waals surface area contributed by atoms with Gasteiger partial charge >= 0.3 is 0 Å². The Morgan fingerprint density at radius 1 is 1.09 bits per heavy atom. The van der Waals surface area contributed by atoms with Gasteiger partial charge in [0.15, 0.2) is 0 Å². The molecule has 2 aromatic carbocycles. The molecule has 0 saturated carbocycles. The van der Waals surface area contributed by atoms with Crippen LogP contribution >= 0.6 is 0 Å².